The number of nitrogens with one attached hydrogen (secondary N) is 1. The van der Waals surface area contributed by atoms with E-state index in [4.69, 9.17) is 5.84 Å². The van der Waals surface area contributed by atoms with Gasteiger partial charge in [-0.05, 0) is 49.3 Å². The monoisotopic (exact) mass is 276 g/mol. The highest BCUT2D eigenvalue weighted by atomic mass is 32.1. The highest BCUT2D eigenvalue weighted by molar-refractivity contribution is 7.12. The zero-order valence-corrected chi connectivity index (χ0v) is 12.0. The van der Waals surface area contributed by atoms with Crippen molar-refractivity contribution >= 4 is 11.3 Å². The Morgan fingerprint density at radius 1 is 1.53 bits per heavy atom. The first-order chi connectivity index (χ1) is 9.26. The van der Waals surface area contributed by atoms with Crippen LogP contribution in [-0.2, 0) is 26.3 Å². The van der Waals surface area contributed by atoms with Crippen molar-refractivity contribution < 1.29 is 0 Å². The summed E-state index contributed by atoms with van der Waals surface area (Å²) in [4.78, 5) is 2.95. The van der Waals surface area contributed by atoms with Crippen LogP contribution >= 0.6 is 11.3 Å². The summed E-state index contributed by atoms with van der Waals surface area (Å²) < 4.78 is 1.85. The molecule has 3 rings (SSSR count). The summed E-state index contributed by atoms with van der Waals surface area (Å²) in [5.74, 6) is 5.73. The molecule has 0 aliphatic heterocycles. The molecular weight excluding hydrogens is 256 g/mol. The molecule has 5 heteroatoms. The maximum atomic E-state index is 5.73. The summed E-state index contributed by atoms with van der Waals surface area (Å²) in [6.07, 6.45) is 9.83. The minimum absolute atomic E-state index is 0.260. The molecule has 0 saturated heterocycles. The van der Waals surface area contributed by atoms with Crippen molar-refractivity contribution in [3.63, 3.8) is 0 Å². The number of nitrogens with zero attached hydrogens (tertiary/aromatic N) is 2. The Bertz CT molecular complexity index is 536. The van der Waals surface area contributed by atoms with Gasteiger partial charge in [0.1, 0.15) is 0 Å². The van der Waals surface area contributed by atoms with Crippen molar-refractivity contribution in [3.8, 4) is 0 Å². The molecule has 0 saturated carbocycles. The molecular formula is C14H20N4S. The van der Waals surface area contributed by atoms with Crippen molar-refractivity contribution in [1.82, 2.24) is 15.2 Å². The third-order valence-corrected chi connectivity index (χ3v) is 5.14. The molecule has 3 N–H and O–H groups in total. The zero-order valence-electron chi connectivity index (χ0n) is 11.2. The molecule has 102 valence electrons. The van der Waals surface area contributed by atoms with Crippen LogP contribution in [0.5, 0.6) is 0 Å². The van der Waals surface area contributed by atoms with E-state index < -0.39 is 0 Å². The molecule has 0 amide bonds. The Kier molecular flexibility index (Phi) is 3.68. The molecule has 2 aromatic rings. The van der Waals surface area contributed by atoms with E-state index >= 15 is 0 Å². The molecule has 0 spiro atoms. The SMILES string of the molecule is Cn1cc(CCC(NN)c2cc3c(s2)CCC3)cn1. The summed E-state index contributed by atoms with van der Waals surface area (Å²) in [7, 11) is 1.95. The van der Waals surface area contributed by atoms with Gasteiger partial charge in [-0.1, -0.05) is 0 Å². The third-order valence-electron chi connectivity index (χ3n) is 3.79. The maximum absolute atomic E-state index is 5.73. The highest BCUT2D eigenvalue weighted by Crippen LogP contribution is 2.34. The van der Waals surface area contributed by atoms with E-state index in [0.29, 0.717) is 0 Å². The summed E-state index contributed by atoms with van der Waals surface area (Å²) in [5.41, 5.74) is 5.78. The predicted molar refractivity (Wildman–Crippen MR) is 77.9 cm³/mol. The molecule has 1 unspecified atom stereocenters. The standard InChI is InChI=1S/C14H20N4S/c1-18-9-10(8-16-18)5-6-12(17-15)14-7-11-3-2-4-13(11)19-14/h7-9,12,17H,2-6,15H2,1H3. The van der Waals surface area contributed by atoms with Gasteiger partial charge in [-0.25, -0.2) is 0 Å². The Hall–Kier alpha value is -1.17. The van der Waals surface area contributed by atoms with Gasteiger partial charge < -0.3 is 0 Å². The van der Waals surface area contributed by atoms with E-state index in [1.54, 1.807) is 10.4 Å². The van der Waals surface area contributed by atoms with Gasteiger partial charge in [-0.2, -0.15) is 5.10 Å². The lowest BCUT2D eigenvalue weighted by atomic mass is 10.1. The van der Waals surface area contributed by atoms with Gasteiger partial charge in [-0.3, -0.25) is 16.0 Å². The topological polar surface area (TPSA) is 55.9 Å². The third kappa shape index (κ3) is 2.73. The Labute approximate surface area is 117 Å². The second-order valence-corrected chi connectivity index (χ2v) is 6.40. The van der Waals surface area contributed by atoms with Crippen LogP contribution in [0.3, 0.4) is 0 Å². The van der Waals surface area contributed by atoms with Gasteiger partial charge in [0, 0.05) is 23.0 Å². The number of rotatable bonds is 5. The molecule has 0 fully saturated rings. The number of nitrogens with two attached hydrogens (primary N) is 1. The van der Waals surface area contributed by atoms with Gasteiger partial charge in [0.2, 0.25) is 0 Å². The fourth-order valence-electron chi connectivity index (χ4n) is 2.74. The van der Waals surface area contributed by atoms with Gasteiger partial charge in [0.25, 0.3) is 0 Å². The highest BCUT2D eigenvalue weighted by Gasteiger charge is 2.19. The van der Waals surface area contributed by atoms with Gasteiger partial charge in [0.05, 0.1) is 12.2 Å². The molecule has 0 bridgehead atoms. The van der Waals surface area contributed by atoms with Crippen LogP contribution in [0, 0.1) is 0 Å². The lowest BCUT2D eigenvalue weighted by molar-refractivity contribution is 0.524. The van der Waals surface area contributed by atoms with Crippen molar-refractivity contribution in [2.45, 2.75) is 38.1 Å². The second kappa shape index (κ2) is 5.45. The minimum Gasteiger partial charge on any atom is -0.276 e. The number of hydrogen-bond donors (Lipinski definition) is 2. The summed E-state index contributed by atoms with van der Waals surface area (Å²) in [5, 5.41) is 4.20. The quantitative estimate of drug-likeness (QED) is 0.649. The molecule has 1 atom stereocenters. The Balaban J connectivity index is 1.66. The maximum Gasteiger partial charge on any atom is 0.0556 e. The summed E-state index contributed by atoms with van der Waals surface area (Å²) >= 11 is 1.93. The van der Waals surface area contributed by atoms with Crippen LogP contribution < -0.4 is 11.3 Å². The number of aryl methyl sites for hydroxylation is 4. The average Bonchev–Trinajstić information content (AvgIpc) is 3.05. The van der Waals surface area contributed by atoms with Crippen LogP contribution in [0.25, 0.3) is 0 Å². The van der Waals surface area contributed by atoms with Crippen LogP contribution in [0.15, 0.2) is 18.5 Å². The summed E-state index contributed by atoms with van der Waals surface area (Å²) in [6, 6.07) is 2.61. The number of aromatic nitrogens is 2. The van der Waals surface area contributed by atoms with Crippen molar-refractivity contribution in [2.24, 2.45) is 12.9 Å². The fourth-order valence-corrected chi connectivity index (χ4v) is 4.10. The van der Waals surface area contributed by atoms with Crippen molar-refractivity contribution in [2.75, 3.05) is 0 Å². The predicted octanol–water partition coefficient (Wildman–Crippen LogP) is 2.11. The number of thiophene rings is 1. The number of fused-ring (bicyclic) bond motifs is 1. The molecule has 0 radical (unpaired) electrons. The van der Waals surface area contributed by atoms with Crippen LogP contribution in [0.2, 0.25) is 0 Å². The molecule has 4 nitrogen and oxygen atoms in total. The van der Waals surface area contributed by atoms with Crippen molar-refractivity contribution in [3.05, 3.63) is 39.3 Å². The normalized spacial score (nSPS) is 15.7. The van der Waals surface area contributed by atoms with Crippen LogP contribution in [-0.4, -0.2) is 9.78 Å². The Morgan fingerprint density at radius 2 is 2.42 bits per heavy atom. The first-order valence-electron chi connectivity index (χ1n) is 6.81. The van der Waals surface area contributed by atoms with Gasteiger partial charge in [0.15, 0.2) is 0 Å². The smallest absolute Gasteiger partial charge is 0.0556 e. The summed E-state index contributed by atoms with van der Waals surface area (Å²) in [6.45, 7) is 0. The van der Waals surface area contributed by atoms with Crippen LogP contribution in [0.4, 0.5) is 0 Å². The molecule has 0 aromatic carbocycles. The first kappa shape index (κ1) is 12.8. The molecule has 2 aromatic heterocycles. The zero-order chi connectivity index (χ0) is 13.2. The van der Waals surface area contributed by atoms with Gasteiger partial charge >= 0.3 is 0 Å². The molecule has 1 aliphatic carbocycles. The van der Waals surface area contributed by atoms with Gasteiger partial charge in [-0.15, -0.1) is 11.3 Å². The van der Waals surface area contributed by atoms with Crippen LogP contribution in [0.1, 0.15) is 39.8 Å². The largest absolute Gasteiger partial charge is 0.276 e. The fraction of sp³-hybridized carbons (Fsp3) is 0.500. The lowest BCUT2D eigenvalue weighted by Crippen LogP contribution is -2.27. The Morgan fingerprint density at radius 3 is 3.11 bits per heavy atom. The van der Waals surface area contributed by atoms with E-state index in [1.807, 2.05) is 29.3 Å². The minimum atomic E-state index is 0.260. The first-order valence-corrected chi connectivity index (χ1v) is 7.63. The average molecular weight is 276 g/mol. The van der Waals surface area contributed by atoms with E-state index in [0.717, 1.165) is 12.8 Å². The molecule has 2 heterocycles. The number of hydrogen-bond acceptors (Lipinski definition) is 4. The van der Waals surface area contributed by atoms with E-state index in [9.17, 15) is 0 Å². The number of hydrazine groups is 1. The van der Waals surface area contributed by atoms with E-state index in [2.05, 4.69) is 22.8 Å². The van der Waals surface area contributed by atoms with Crippen molar-refractivity contribution in [1.29, 1.82) is 0 Å². The lowest BCUT2D eigenvalue weighted by Gasteiger charge is -2.13. The van der Waals surface area contributed by atoms with E-state index in [1.165, 1.54) is 29.7 Å². The second-order valence-electron chi connectivity index (χ2n) is 5.23. The molecule has 19 heavy (non-hydrogen) atoms. The molecule has 1 aliphatic rings. The van der Waals surface area contributed by atoms with E-state index in [-0.39, 0.29) is 6.04 Å².